The average molecular weight is 173 g/mol. The first-order valence-electron chi connectivity index (χ1n) is 4.61. The van der Waals surface area contributed by atoms with Crippen molar-refractivity contribution in [1.82, 2.24) is 0 Å². The molecule has 0 fully saturated rings. The van der Waals surface area contributed by atoms with Crippen molar-refractivity contribution < 1.29 is 18.9 Å². The van der Waals surface area contributed by atoms with Gasteiger partial charge in [-0.1, -0.05) is 48.5 Å². The third-order valence-corrected chi connectivity index (χ3v) is 2.71. The molecule has 0 aromatic heterocycles. The van der Waals surface area contributed by atoms with Gasteiger partial charge < -0.3 is 0 Å². The Morgan fingerprint density at radius 2 is 1.07 bits per heavy atom. The van der Waals surface area contributed by atoms with Crippen molar-refractivity contribution in [1.29, 1.82) is 0 Å². The second-order valence-electron chi connectivity index (χ2n) is 3.49. The van der Waals surface area contributed by atoms with Crippen LogP contribution in [0.25, 0.3) is 11.1 Å². The van der Waals surface area contributed by atoms with Gasteiger partial charge in [0.05, 0.1) is 0 Å². The Morgan fingerprint density at radius 1 is 0.643 bits per heavy atom. The fourth-order valence-electron chi connectivity index (χ4n) is 2.08. The molecule has 0 spiro atoms. The molecule has 0 atom stereocenters. The molecule has 0 saturated heterocycles. The van der Waals surface area contributed by atoms with E-state index >= 15 is 0 Å². The van der Waals surface area contributed by atoms with Crippen LogP contribution >= 0.6 is 0 Å². The molecule has 0 bridgehead atoms. The third kappa shape index (κ3) is 1.32. The molecular formula is C13H10Li+. The van der Waals surface area contributed by atoms with Crippen LogP contribution in [-0.2, 0) is 6.42 Å². The Balaban J connectivity index is 0.000000750. The number of benzene rings is 2. The number of fused-ring (bicyclic) bond motifs is 3. The second-order valence-corrected chi connectivity index (χ2v) is 3.49. The average Bonchev–Trinajstić information content (AvgIpc) is 2.56. The van der Waals surface area contributed by atoms with Crippen LogP contribution < -0.4 is 18.9 Å². The fraction of sp³-hybridized carbons (Fsp3) is 0.0769. The minimum Gasteiger partial charge on any atom is -0.0619 e. The predicted molar refractivity (Wildman–Crippen MR) is 54.7 cm³/mol. The molecule has 0 N–H and O–H groups in total. The molecule has 1 heteroatoms. The first-order valence-corrected chi connectivity index (χ1v) is 4.61. The van der Waals surface area contributed by atoms with Crippen LogP contribution in [0.5, 0.6) is 0 Å². The minimum atomic E-state index is 0. The summed E-state index contributed by atoms with van der Waals surface area (Å²) in [4.78, 5) is 0. The first kappa shape index (κ1) is 9.59. The van der Waals surface area contributed by atoms with E-state index in [0.717, 1.165) is 6.42 Å². The summed E-state index contributed by atoms with van der Waals surface area (Å²) in [5.74, 6) is 0. The van der Waals surface area contributed by atoms with E-state index < -0.39 is 0 Å². The van der Waals surface area contributed by atoms with E-state index in [1.807, 2.05) is 0 Å². The zero-order valence-electron chi connectivity index (χ0n) is 8.33. The standard InChI is InChI=1S/C13H10.Li/c1-3-7-12-10(5-1)9-11-6-2-4-8-13(11)12;/h1-8H,9H2;/q;+1. The van der Waals surface area contributed by atoms with Gasteiger partial charge in [0.25, 0.3) is 0 Å². The smallest absolute Gasteiger partial charge is 0.0619 e. The van der Waals surface area contributed by atoms with E-state index in [1.165, 1.54) is 22.3 Å². The van der Waals surface area contributed by atoms with Gasteiger partial charge in [-0.05, 0) is 28.7 Å². The number of hydrogen-bond donors (Lipinski definition) is 0. The minimum absolute atomic E-state index is 0. The number of rotatable bonds is 0. The molecule has 0 amide bonds. The summed E-state index contributed by atoms with van der Waals surface area (Å²) >= 11 is 0. The largest absolute Gasteiger partial charge is 1.00 e. The van der Waals surface area contributed by atoms with Crippen LogP contribution in [0.1, 0.15) is 11.1 Å². The van der Waals surface area contributed by atoms with Gasteiger partial charge in [-0.15, -0.1) is 0 Å². The normalized spacial score (nSPS) is 11.4. The molecule has 0 nitrogen and oxygen atoms in total. The molecule has 14 heavy (non-hydrogen) atoms. The van der Waals surface area contributed by atoms with Crippen molar-refractivity contribution in [3.05, 3.63) is 59.7 Å². The molecule has 62 valence electrons. The third-order valence-electron chi connectivity index (χ3n) is 2.71. The van der Waals surface area contributed by atoms with Gasteiger partial charge >= 0.3 is 18.9 Å². The van der Waals surface area contributed by atoms with Gasteiger partial charge in [0, 0.05) is 0 Å². The van der Waals surface area contributed by atoms with Gasteiger partial charge in [0.15, 0.2) is 0 Å². The maximum Gasteiger partial charge on any atom is 1.00 e. The van der Waals surface area contributed by atoms with Crippen molar-refractivity contribution in [3.8, 4) is 11.1 Å². The van der Waals surface area contributed by atoms with Crippen LogP contribution in [0, 0.1) is 0 Å². The molecule has 2 aromatic carbocycles. The van der Waals surface area contributed by atoms with Crippen molar-refractivity contribution in [2.24, 2.45) is 0 Å². The monoisotopic (exact) mass is 173 g/mol. The van der Waals surface area contributed by atoms with E-state index in [1.54, 1.807) is 0 Å². The molecule has 1 aliphatic carbocycles. The second kappa shape index (κ2) is 3.65. The van der Waals surface area contributed by atoms with E-state index in [9.17, 15) is 0 Å². The van der Waals surface area contributed by atoms with Gasteiger partial charge in [-0.25, -0.2) is 0 Å². The molecule has 0 unspecified atom stereocenters. The van der Waals surface area contributed by atoms with Crippen molar-refractivity contribution in [3.63, 3.8) is 0 Å². The summed E-state index contributed by atoms with van der Waals surface area (Å²) in [6.07, 6.45) is 1.10. The Labute approximate surface area is 96.1 Å². The summed E-state index contributed by atoms with van der Waals surface area (Å²) < 4.78 is 0. The molecule has 0 radical (unpaired) electrons. The maximum atomic E-state index is 2.22. The Morgan fingerprint density at radius 3 is 1.57 bits per heavy atom. The predicted octanol–water partition coefficient (Wildman–Crippen LogP) is 0.262. The van der Waals surface area contributed by atoms with Crippen molar-refractivity contribution >= 4 is 0 Å². The van der Waals surface area contributed by atoms with Gasteiger partial charge in [0.2, 0.25) is 0 Å². The van der Waals surface area contributed by atoms with Gasteiger partial charge in [-0.3, -0.25) is 0 Å². The zero-order valence-corrected chi connectivity index (χ0v) is 8.33. The van der Waals surface area contributed by atoms with Crippen LogP contribution in [0.3, 0.4) is 0 Å². The summed E-state index contributed by atoms with van der Waals surface area (Å²) in [5.41, 5.74) is 5.75. The Kier molecular flexibility index (Phi) is 2.50. The van der Waals surface area contributed by atoms with Crippen molar-refractivity contribution in [2.75, 3.05) is 0 Å². The molecule has 0 aliphatic heterocycles. The fourth-order valence-corrected chi connectivity index (χ4v) is 2.08. The van der Waals surface area contributed by atoms with E-state index in [-0.39, 0.29) is 18.9 Å². The SMILES string of the molecule is [Li+].c1ccc2c(c1)Cc1ccccc1-2. The van der Waals surface area contributed by atoms with Gasteiger partial charge in [-0.2, -0.15) is 0 Å². The summed E-state index contributed by atoms with van der Waals surface area (Å²) in [5, 5.41) is 0. The summed E-state index contributed by atoms with van der Waals surface area (Å²) in [7, 11) is 0. The Bertz CT molecular complexity index is 417. The van der Waals surface area contributed by atoms with Crippen LogP contribution in [0.4, 0.5) is 0 Å². The molecule has 0 heterocycles. The molecule has 2 aromatic rings. The molecule has 1 aliphatic rings. The molecular weight excluding hydrogens is 163 g/mol. The molecule has 3 rings (SSSR count). The van der Waals surface area contributed by atoms with Crippen LogP contribution in [0.2, 0.25) is 0 Å². The van der Waals surface area contributed by atoms with Gasteiger partial charge in [0.1, 0.15) is 0 Å². The summed E-state index contributed by atoms with van der Waals surface area (Å²) in [6, 6.07) is 17.3. The van der Waals surface area contributed by atoms with E-state index in [4.69, 9.17) is 0 Å². The van der Waals surface area contributed by atoms with Crippen molar-refractivity contribution in [2.45, 2.75) is 6.42 Å². The zero-order chi connectivity index (χ0) is 8.67. The number of hydrogen-bond acceptors (Lipinski definition) is 0. The Hall–Kier alpha value is -0.963. The maximum absolute atomic E-state index is 2.22. The molecule has 0 saturated carbocycles. The first-order chi connectivity index (χ1) is 6.45. The van der Waals surface area contributed by atoms with Crippen LogP contribution in [-0.4, -0.2) is 0 Å². The van der Waals surface area contributed by atoms with E-state index in [2.05, 4.69) is 48.5 Å². The van der Waals surface area contributed by atoms with E-state index in [0.29, 0.717) is 0 Å². The quantitative estimate of drug-likeness (QED) is 0.428. The summed E-state index contributed by atoms with van der Waals surface area (Å²) in [6.45, 7) is 0. The topological polar surface area (TPSA) is 0 Å². The van der Waals surface area contributed by atoms with Crippen LogP contribution in [0.15, 0.2) is 48.5 Å².